The molecule has 0 radical (unpaired) electrons. The number of nitrogens with zero attached hydrogens (tertiary/aromatic N) is 2. The molecule has 22 heavy (non-hydrogen) atoms. The summed E-state index contributed by atoms with van der Waals surface area (Å²) in [6, 6.07) is 5.58. The van der Waals surface area contributed by atoms with Crippen LogP contribution in [0.3, 0.4) is 0 Å². The first-order chi connectivity index (χ1) is 10.7. The maximum Gasteiger partial charge on any atom is 0.146 e. The highest BCUT2D eigenvalue weighted by atomic mass is 32.2. The van der Waals surface area contributed by atoms with E-state index < -0.39 is 0 Å². The van der Waals surface area contributed by atoms with Gasteiger partial charge in [-0.3, -0.25) is 4.99 Å². The van der Waals surface area contributed by atoms with E-state index in [4.69, 9.17) is 9.47 Å². The molecule has 1 aromatic carbocycles. The van der Waals surface area contributed by atoms with Gasteiger partial charge in [0.15, 0.2) is 0 Å². The minimum absolute atomic E-state index is 0.627. The largest absolute Gasteiger partial charge is 0.494 e. The molecule has 2 rings (SSSR count). The van der Waals surface area contributed by atoms with Crippen LogP contribution in [0.4, 0.5) is 5.69 Å². The highest BCUT2D eigenvalue weighted by Crippen LogP contribution is 2.38. The summed E-state index contributed by atoms with van der Waals surface area (Å²) < 4.78 is 10.8. The van der Waals surface area contributed by atoms with E-state index >= 15 is 0 Å². The smallest absolute Gasteiger partial charge is 0.146 e. The van der Waals surface area contributed by atoms with Crippen molar-refractivity contribution in [3.63, 3.8) is 0 Å². The third-order valence-corrected chi connectivity index (χ3v) is 4.31. The number of benzene rings is 1. The zero-order valence-electron chi connectivity index (χ0n) is 13.1. The summed E-state index contributed by atoms with van der Waals surface area (Å²) in [4.78, 5) is 8.43. The molecule has 5 nitrogen and oxygen atoms in total. The highest BCUT2D eigenvalue weighted by Gasteiger charge is 2.22. The summed E-state index contributed by atoms with van der Waals surface area (Å²) in [6.07, 6.45) is 0. The molecule has 0 atom stereocenters. The number of aliphatic imine (C=N–C) groups is 2. The van der Waals surface area contributed by atoms with Crippen molar-refractivity contribution in [3.05, 3.63) is 40.6 Å². The zero-order chi connectivity index (χ0) is 16.1. The lowest BCUT2D eigenvalue weighted by molar-refractivity contribution is 0.398. The Morgan fingerprint density at radius 1 is 1.23 bits per heavy atom. The number of para-hydroxylation sites is 1. The molecule has 1 N–H and O–H groups in total. The molecular weight excluding hydrogens is 298 g/mol. The van der Waals surface area contributed by atoms with E-state index in [1.165, 1.54) is 0 Å². The van der Waals surface area contributed by atoms with Crippen LogP contribution in [0.5, 0.6) is 11.5 Å². The minimum Gasteiger partial charge on any atom is -0.494 e. The Kier molecular flexibility index (Phi) is 5.27. The van der Waals surface area contributed by atoms with Gasteiger partial charge >= 0.3 is 0 Å². The molecule has 0 aromatic heterocycles. The summed E-state index contributed by atoms with van der Waals surface area (Å²) >= 11 is 1.57. The fourth-order valence-corrected chi connectivity index (χ4v) is 3.04. The van der Waals surface area contributed by atoms with Crippen LogP contribution >= 0.6 is 11.8 Å². The summed E-state index contributed by atoms with van der Waals surface area (Å²) in [7, 11) is 4.99. The van der Waals surface area contributed by atoms with E-state index in [0.717, 1.165) is 16.2 Å². The number of ether oxygens (including phenoxy) is 2. The summed E-state index contributed by atoms with van der Waals surface area (Å²) in [5.74, 6) is 1.97. The molecule has 0 unspecified atom stereocenters. The molecular formula is C16H19N3O2S. The second kappa shape index (κ2) is 7.17. The molecule has 0 bridgehead atoms. The molecule has 0 aliphatic carbocycles. The van der Waals surface area contributed by atoms with E-state index in [2.05, 4.69) is 22.0 Å². The van der Waals surface area contributed by atoms with Crippen LogP contribution in [0.15, 0.2) is 50.6 Å². The molecule has 0 saturated carbocycles. The standard InChI is InChI=1S/C16H19N3O2S/c1-10-9-22-16(18-3)13(10)15(17-2)19-14-11(20-4)7-6-8-12(14)21-5/h6-9,19H,2H2,1,3-5H3/b15-13+,18-16+. The van der Waals surface area contributed by atoms with Crippen LogP contribution in [0.25, 0.3) is 0 Å². The normalized spacial score (nSPS) is 18.0. The molecule has 0 spiro atoms. The lowest BCUT2D eigenvalue weighted by atomic mass is 10.1. The number of hydrogen-bond donors (Lipinski definition) is 1. The Bertz CT molecular complexity index is 656. The number of anilines is 1. The van der Waals surface area contributed by atoms with Crippen molar-refractivity contribution in [3.8, 4) is 11.5 Å². The third kappa shape index (κ3) is 3.01. The molecule has 1 heterocycles. The second-order valence-corrected chi connectivity index (χ2v) is 5.35. The summed E-state index contributed by atoms with van der Waals surface area (Å²) in [5, 5.41) is 6.22. The molecule has 116 valence electrons. The van der Waals surface area contributed by atoms with E-state index in [-0.39, 0.29) is 0 Å². The molecule has 0 amide bonds. The first-order valence-electron chi connectivity index (χ1n) is 6.66. The van der Waals surface area contributed by atoms with Crippen molar-refractivity contribution in [2.24, 2.45) is 9.98 Å². The summed E-state index contributed by atoms with van der Waals surface area (Å²) in [6.45, 7) is 5.69. The van der Waals surface area contributed by atoms with Gasteiger partial charge in [0.2, 0.25) is 0 Å². The molecule has 0 saturated heterocycles. The average Bonchev–Trinajstić information content (AvgIpc) is 2.93. The van der Waals surface area contributed by atoms with Crippen LogP contribution < -0.4 is 14.8 Å². The Balaban J connectivity index is 2.53. The minimum atomic E-state index is 0.627. The second-order valence-electron chi connectivity index (χ2n) is 4.49. The predicted octanol–water partition coefficient (Wildman–Crippen LogP) is 3.71. The average molecular weight is 317 g/mol. The van der Waals surface area contributed by atoms with Gasteiger partial charge in [0.05, 0.1) is 19.8 Å². The van der Waals surface area contributed by atoms with E-state index in [9.17, 15) is 0 Å². The van der Waals surface area contributed by atoms with Crippen molar-refractivity contribution in [1.82, 2.24) is 0 Å². The van der Waals surface area contributed by atoms with Gasteiger partial charge in [-0.1, -0.05) is 17.8 Å². The molecule has 1 aromatic rings. The maximum absolute atomic E-state index is 5.40. The van der Waals surface area contributed by atoms with Gasteiger partial charge in [0, 0.05) is 7.05 Å². The van der Waals surface area contributed by atoms with E-state index in [1.54, 1.807) is 33.0 Å². The first kappa shape index (κ1) is 16.2. The summed E-state index contributed by atoms with van der Waals surface area (Å²) in [5.41, 5.74) is 2.74. The topological polar surface area (TPSA) is 55.2 Å². The number of hydrogen-bond acceptors (Lipinski definition) is 6. The Morgan fingerprint density at radius 2 is 1.86 bits per heavy atom. The van der Waals surface area contributed by atoms with E-state index in [1.807, 2.05) is 30.5 Å². The molecule has 1 aliphatic heterocycles. The molecule has 6 heteroatoms. The van der Waals surface area contributed by atoms with Gasteiger partial charge in [-0.2, -0.15) is 0 Å². The van der Waals surface area contributed by atoms with Crippen LogP contribution in [0.2, 0.25) is 0 Å². The van der Waals surface area contributed by atoms with Crippen molar-refractivity contribution < 1.29 is 9.47 Å². The van der Waals surface area contributed by atoms with Crippen LogP contribution in [0.1, 0.15) is 6.92 Å². The first-order valence-corrected chi connectivity index (χ1v) is 7.54. The number of allylic oxidation sites excluding steroid dienone is 1. The zero-order valence-corrected chi connectivity index (χ0v) is 14.0. The highest BCUT2D eigenvalue weighted by molar-refractivity contribution is 8.17. The Morgan fingerprint density at radius 3 is 2.36 bits per heavy atom. The third-order valence-electron chi connectivity index (χ3n) is 3.22. The van der Waals surface area contributed by atoms with Crippen LogP contribution in [0, 0.1) is 0 Å². The van der Waals surface area contributed by atoms with Crippen molar-refractivity contribution >= 4 is 29.2 Å². The number of methoxy groups -OCH3 is 2. The lowest BCUT2D eigenvalue weighted by Gasteiger charge is -2.16. The van der Waals surface area contributed by atoms with Gasteiger partial charge in [0.1, 0.15) is 28.1 Å². The monoisotopic (exact) mass is 317 g/mol. The molecule has 1 aliphatic rings. The van der Waals surface area contributed by atoms with Gasteiger partial charge in [-0.15, -0.1) is 0 Å². The Hall–Kier alpha value is -2.21. The maximum atomic E-state index is 5.40. The Labute approximate surface area is 134 Å². The van der Waals surface area contributed by atoms with Crippen LogP contribution in [-0.4, -0.2) is 33.0 Å². The lowest BCUT2D eigenvalue weighted by Crippen LogP contribution is -2.08. The van der Waals surface area contributed by atoms with Gasteiger partial charge in [0.25, 0.3) is 0 Å². The quantitative estimate of drug-likeness (QED) is 0.841. The van der Waals surface area contributed by atoms with Gasteiger partial charge < -0.3 is 14.8 Å². The van der Waals surface area contributed by atoms with Crippen LogP contribution in [-0.2, 0) is 0 Å². The number of nitrogens with one attached hydrogen (secondary N) is 1. The van der Waals surface area contributed by atoms with E-state index in [0.29, 0.717) is 23.0 Å². The van der Waals surface area contributed by atoms with Crippen molar-refractivity contribution in [1.29, 1.82) is 0 Å². The van der Waals surface area contributed by atoms with Gasteiger partial charge in [-0.25, -0.2) is 4.99 Å². The SMILES string of the molecule is C=N/C(Nc1c(OC)cccc1OC)=C1/C(C)=CS/C1=N/C. The predicted molar refractivity (Wildman–Crippen MR) is 94.5 cm³/mol. The van der Waals surface area contributed by atoms with Gasteiger partial charge in [-0.05, 0) is 36.8 Å². The number of rotatable bonds is 5. The fourth-order valence-electron chi connectivity index (χ4n) is 2.16. The fraction of sp³-hybridized carbons (Fsp3) is 0.250. The van der Waals surface area contributed by atoms with Crippen molar-refractivity contribution in [2.45, 2.75) is 6.92 Å². The number of thioether (sulfide) groups is 1. The van der Waals surface area contributed by atoms with Crippen molar-refractivity contribution in [2.75, 3.05) is 26.6 Å². The molecule has 0 fully saturated rings.